The number of halogens is 3. The molecule has 0 aliphatic carbocycles. The first-order valence-corrected chi connectivity index (χ1v) is 3.82. The molecule has 0 saturated carbocycles. The highest BCUT2D eigenvalue weighted by Crippen LogP contribution is 2.32. The first-order chi connectivity index (χ1) is 5.95. The topological polar surface area (TPSA) is 39.2 Å². The van der Waals surface area contributed by atoms with Crippen molar-refractivity contribution in [1.82, 2.24) is 0 Å². The average molecular weight is 193 g/mol. The van der Waals surface area contributed by atoms with Gasteiger partial charge >= 0.3 is 6.18 Å². The molecule has 0 aromatic carbocycles. The van der Waals surface area contributed by atoms with E-state index in [9.17, 15) is 13.2 Å². The van der Waals surface area contributed by atoms with E-state index >= 15 is 0 Å². The van der Waals surface area contributed by atoms with Crippen LogP contribution in [0.5, 0.6) is 0 Å². The Labute approximate surface area is 73.5 Å². The smallest absolute Gasteiger partial charge is 0.449 e. The third-order valence-electron chi connectivity index (χ3n) is 1.75. The molecule has 1 rings (SSSR count). The second kappa shape index (κ2) is 3.41. The molecule has 0 fully saturated rings. The molecule has 0 bridgehead atoms. The zero-order valence-corrected chi connectivity index (χ0v) is 7.06. The largest absolute Gasteiger partial charge is 0.456 e. The van der Waals surface area contributed by atoms with Crippen molar-refractivity contribution in [1.29, 1.82) is 0 Å². The Kier molecular flexibility index (Phi) is 2.66. The molecule has 1 unspecified atom stereocenters. The van der Waals surface area contributed by atoms with Crippen LogP contribution >= 0.6 is 0 Å². The molecule has 0 amide bonds. The SMILES string of the molecule is CC(CN)c1ccc(C(F)(F)F)o1. The lowest BCUT2D eigenvalue weighted by molar-refractivity contribution is -0.153. The molecule has 1 aromatic heterocycles. The number of rotatable bonds is 2. The summed E-state index contributed by atoms with van der Waals surface area (Å²) in [5.41, 5.74) is 5.28. The van der Waals surface area contributed by atoms with Gasteiger partial charge in [-0.2, -0.15) is 13.2 Å². The van der Waals surface area contributed by atoms with Crippen LogP contribution in [0.3, 0.4) is 0 Å². The molecule has 2 N–H and O–H groups in total. The Morgan fingerprint density at radius 2 is 2.08 bits per heavy atom. The first-order valence-electron chi connectivity index (χ1n) is 3.82. The zero-order valence-electron chi connectivity index (χ0n) is 7.06. The van der Waals surface area contributed by atoms with Crippen molar-refractivity contribution in [3.05, 3.63) is 23.7 Å². The molecular formula is C8H10F3NO. The van der Waals surface area contributed by atoms with Crippen molar-refractivity contribution in [3.63, 3.8) is 0 Å². The van der Waals surface area contributed by atoms with Crippen molar-refractivity contribution in [2.75, 3.05) is 6.54 Å². The summed E-state index contributed by atoms with van der Waals surface area (Å²) < 4.78 is 40.7. The van der Waals surface area contributed by atoms with Gasteiger partial charge in [-0.1, -0.05) is 6.92 Å². The van der Waals surface area contributed by atoms with Crippen LogP contribution in [-0.2, 0) is 6.18 Å². The van der Waals surface area contributed by atoms with E-state index in [0.717, 1.165) is 6.07 Å². The van der Waals surface area contributed by atoms with Gasteiger partial charge in [0.05, 0.1) is 0 Å². The van der Waals surface area contributed by atoms with Gasteiger partial charge in [0.25, 0.3) is 0 Å². The fourth-order valence-electron chi connectivity index (χ4n) is 0.886. The Morgan fingerprint density at radius 1 is 1.46 bits per heavy atom. The fourth-order valence-corrected chi connectivity index (χ4v) is 0.886. The Hall–Kier alpha value is -0.970. The minimum atomic E-state index is -4.41. The van der Waals surface area contributed by atoms with Crippen LogP contribution in [-0.4, -0.2) is 6.54 Å². The van der Waals surface area contributed by atoms with E-state index in [1.165, 1.54) is 6.07 Å². The average Bonchev–Trinajstić information content (AvgIpc) is 2.50. The molecule has 5 heteroatoms. The molecule has 2 nitrogen and oxygen atoms in total. The van der Waals surface area contributed by atoms with Crippen LogP contribution < -0.4 is 5.73 Å². The molecule has 1 aromatic rings. The molecule has 13 heavy (non-hydrogen) atoms. The first kappa shape index (κ1) is 10.1. The Morgan fingerprint density at radius 3 is 2.46 bits per heavy atom. The summed E-state index contributed by atoms with van der Waals surface area (Å²) in [5.74, 6) is -0.881. The van der Waals surface area contributed by atoms with Gasteiger partial charge in [-0.25, -0.2) is 0 Å². The van der Waals surface area contributed by atoms with Gasteiger partial charge in [0.15, 0.2) is 0 Å². The second-order valence-corrected chi connectivity index (χ2v) is 2.84. The van der Waals surface area contributed by atoms with Crippen LogP contribution in [0, 0.1) is 0 Å². The summed E-state index contributed by atoms with van der Waals surface area (Å²) in [6.07, 6.45) is -4.41. The highest BCUT2D eigenvalue weighted by atomic mass is 19.4. The maximum absolute atomic E-state index is 12.0. The summed E-state index contributed by atoms with van der Waals surface area (Å²) in [4.78, 5) is 0. The summed E-state index contributed by atoms with van der Waals surface area (Å²) in [7, 11) is 0. The van der Waals surface area contributed by atoms with Crippen molar-refractivity contribution in [2.45, 2.75) is 19.0 Å². The highest BCUT2D eigenvalue weighted by Gasteiger charge is 2.35. The molecule has 0 radical (unpaired) electrons. The van der Waals surface area contributed by atoms with Gasteiger partial charge in [-0.15, -0.1) is 0 Å². The van der Waals surface area contributed by atoms with Crippen LogP contribution in [0.1, 0.15) is 24.4 Å². The van der Waals surface area contributed by atoms with E-state index in [-0.39, 0.29) is 18.2 Å². The number of nitrogens with two attached hydrogens (primary N) is 1. The number of hydrogen-bond donors (Lipinski definition) is 1. The minimum Gasteiger partial charge on any atom is -0.456 e. The maximum atomic E-state index is 12.0. The standard InChI is InChI=1S/C8H10F3NO/c1-5(4-12)6-2-3-7(13-6)8(9,10)11/h2-3,5H,4,12H2,1H3. The van der Waals surface area contributed by atoms with E-state index in [0.29, 0.717) is 0 Å². The second-order valence-electron chi connectivity index (χ2n) is 2.84. The third-order valence-corrected chi connectivity index (χ3v) is 1.75. The fraction of sp³-hybridized carbons (Fsp3) is 0.500. The van der Waals surface area contributed by atoms with E-state index in [1.807, 2.05) is 0 Å². The van der Waals surface area contributed by atoms with E-state index in [2.05, 4.69) is 4.42 Å². The lowest BCUT2D eigenvalue weighted by Gasteiger charge is -2.04. The summed E-state index contributed by atoms with van der Waals surface area (Å²) in [5, 5.41) is 0. The quantitative estimate of drug-likeness (QED) is 0.783. The molecule has 0 saturated heterocycles. The minimum absolute atomic E-state index is 0.184. The zero-order chi connectivity index (χ0) is 10.1. The van der Waals surface area contributed by atoms with Gasteiger partial charge in [0.1, 0.15) is 5.76 Å². The van der Waals surface area contributed by atoms with Crippen LogP contribution in [0.15, 0.2) is 16.5 Å². The molecule has 1 atom stereocenters. The Bertz CT molecular complexity index is 279. The Balaban J connectivity index is 2.87. The number of furan rings is 1. The normalized spacial score (nSPS) is 14.5. The van der Waals surface area contributed by atoms with Gasteiger partial charge < -0.3 is 10.2 Å². The predicted octanol–water partition coefficient (Wildman–Crippen LogP) is 2.36. The number of alkyl halides is 3. The monoisotopic (exact) mass is 193 g/mol. The molecule has 0 aliphatic heterocycles. The van der Waals surface area contributed by atoms with Crippen molar-refractivity contribution in [2.24, 2.45) is 5.73 Å². The third kappa shape index (κ3) is 2.24. The van der Waals surface area contributed by atoms with Gasteiger partial charge in [-0.3, -0.25) is 0 Å². The maximum Gasteiger partial charge on any atom is 0.449 e. The molecule has 0 spiro atoms. The molecule has 74 valence electrons. The van der Waals surface area contributed by atoms with Crippen LogP contribution in [0.2, 0.25) is 0 Å². The van der Waals surface area contributed by atoms with Crippen LogP contribution in [0.25, 0.3) is 0 Å². The van der Waals surface area contributed by atoms with Crippen molar-refractivity contribution < 1.29 is 17.6 Å². The summed E-state index contributed by atoms with van der Waals surface area (Å²) in [6.45, 7) is 1.98. The summed E-state index contributed by atoms with van der Waals surface area (Å²) in [6, 6.07) is 2.22. The van der Waals surface area contributed by atoms with E-state index in [4.69, 9.17) is 5.73 Å². The van der Waals surface area contributed by atoms with Gasteiger partial charge in [-0.05, 0) is 12.1 Å². The lowest BCUT2D eigenvalue weighted by Crippen LogP contribution is -2.08. The predicted molar refractivity (Wildman–Crippen MR) is 41.2 cm³/mol. The summed E-state index contributed by atoms with van der Waals surface area (Å²) >= 11 is 0. The van der Waals surface area contributed by atoms with Crippen molar-refractivity contribution in [3.8, 4) is 0 Å². The van der Waals surface area contributed by atoms with Gasteiger partial charge in [0, 0.05) is 12.5 Å². The van der Waals surface area contributed by atoms with Crippen LogP contribution in [0.4, 0.5) is 13.2 Å². The van der Waals surface area contributed by atoms with E-state index in [1.54, 1.807) is 6.92 Å². The lowest BCUT2D eigenvalue weighted by atomic mass is 10.1. The molecular weight excluding hydrogens is 183 g/mol. The van der Waals surface area contributed by atoms with Gasteiger partial charge in [0.2, 0.25) is 5.76 Å². The van der Waals surface area contributed by atoms with E-state index < -0.39 is 11.9 Å². The van der Waals surface area contributed by atoms with Crippen molar-refractivity contribution >= 4 is 0 Å². The molecule has 1 heterocycles. The highest BCUT2D eigenvalue weighted by molar-refractivity contribution is 5.12. The molecule has 0 aliphatic rings. The number of hydrogen-bond acceptors (Lipinski definition) is 2.